The Labute approximate surface area is 132 Å². The van der Waals surface area contributed by atoms with Crippen LogP contribution in [0.4, 0.5) is 5.69 Å². The third-order valence-electron chi connectivity index (χ3n) is 2.62. The minimum Gasteiger partial charge on any atom is -0.465 e. The number of nitrogens with two attached hydrogens (primary N) is 1. The summed E-state index contributed by atoms with van der Waals surface area (Å²) in [4.78, 5) is 23.0. The molecule has 0 unspecified atom stereocenters. The van der Waals surface area contributed by atoms with Gasteiger partial charge >= 0.3 is 0 Å². The smallest absolute Gasteiger partial charge is 0.250 e. The van der Waals surface area contributed by atoms with Crippen LogP contribution in [0.15, 0.2) is 53.2 Å². The quantitative estimate of drug-likeness (QED) is 0.591. The van der Waals surface area contributed by atoms with Gasteiger partial charge in [-0.05, 0) is 42.6 Å². The van der Waals surface area contributed by atoms with Gasteiger partial charge in [0.2, 0.25) is 5.91 Å². The number of carbonyl (C=O) groups excluding carboxylic acids is 2. The molecule has 0 radical (unpaired) electrons. The maximum atomic E-state index is 11.7. The topological polar surface area (TPSA) is 97.4 Å². The second kappa shape index (κ2) is 7.19. The Hall–Kier alpha value is -2.93. The number of amides is 2. The fraction of sp³-hybridized carbons (Fsp3) is 0. The molecular weight excluding hydrogens is 302 g/mol. The van der Waals surface area contributed by atoms with Gasteiger partial charge in [-0.25, -0.2) is 0 Å². The molecule has 2 aromatic rings. The molecular formula is C15H13N3O3S. The van der Waals surface area contributed by atoms with Crippen molar-refractivity contribution in [1.82, 2.24) is 5.32 Å². The van der Waals surface area contributed by atoms with E-state index in [0.29, 0.717) is 11.4 Å². The minimum absolute atomic E-state index is 0.0581. The number of hydrogen-bond acceptors (Lipinski definition) is 4. The largest absolute Gasteiger partial charge is 0.465 e. The Kier molecular flexibility index (Phi) is 5.05. The van der Waals surface area contributed by atoms with E-state index in [1.807, 2.05) is 0 Å². The Morgan fingerprint density at radius 1 is 1.18 bits per heavy atom. The maximum Gasteiger partial charge on any atom is 0.250 e. The fourth-order valence-corrected chi connectivity index (χ4v) is 1.87. The van der Waals surface area contributed by atoms with Gasteiger partial charge < -0.3 is 15.5 Å². The number of para-hydroxylation sites is 1. The zero-order chi connectivity index (χ0) is 15.9. The molecule has 0 aliphatic carbocycles. The predicted molar refractivity (Wildman–Crippen MR) is 87.1 cm³/mol. The second-order valence-corrected chi connectivity index (χ2v) is 4.61. The van der Waals surface area contributed by atoms with Gasteiger partial charge in [-0.3, -0.25) is 14.9 Å². The molecule has 1 aromatic carbocycles. The summed E-state index contributed by atoms with van der Waals surface area (Å²) >= 11 is 5.02. The number of anilines is 1. The van der Waals surface area contributed by atoms with Gasteiger partial charge in [0, 0.05) is 6.08 Å². The summed E-state index contributed by atoms with van der Waals surface area (Å²) in [7, 11) is 0. The van der Waals surface area contributed by atoms with Crippen molar-refractivity contribution in [3.63, 3.8) is 0 Å². The van der Waals surface area contributed by atoms with Gasteiger partial charge in [0.1, 0.15) is 5.76 Å². The third-order valence-corrected chi connectivity index (χ3v) is 2.82. The van der Waals surface area contributed by atoms with Crippen molar-refractivity contribution >= 4 is 40.9 Å². The standard InChI is InChI=1S/C15H13N3O3S/c16-14(20)11-5-1-2-6-12(11)17-15(22)18-13(19)8-7-10-4-3-9-21-10/h1-9H,(H2,16,20)(H2,17,18,19,22)/b8-7+. The molecule has 0 bridgehead atoms. The van der Waals surface area contributed by atoms with Crippen LogP contribution in [0.25, 0.3) is 6.08 Å². The van der Waals surface area contributed by atoms with Crippen LogP contribution in [0.5, 0.6) is 0 Å². The highest BCUT2D eigenvalue weighted by Gasteiger charge is 2.09. The number of nitrogens with one attached hydrogen (secondary N) is 2. The average Bonchev–Trinajstić information content (AvgIpc) is 2.98. The molecule has 1 heterocycles. The Morgan fingerprint density at radius 3 is 2.64 bits per heavy atom. The fourth-order valence-electron chi connectivity index (χ4n) is 1.66. The Morgan fingerprint density at radius 2 is 1.95 bits per heavy atom. The number of hydrogen-bond donors (Lipinski definition) is 3. The number of benzene rings is 1. The monoisotopic (exact) mass is 315 g/mol. The lowest BCUT2D eigenvalue weighted by Crippen LogP contribution is -2.33. The first-order valence-corrected chi connectivity index (χ1v) is 6.69. The van der Waals surface area contributed by atoms with Gasteiger partial charge in [-0.15, -0.1) is 0 Å². The van der Waals surface area contributed by atoms with Gasteiger partial charge in [-0.2, -0.15) is 0 Å². The van der Waals surface area contributed by atoms with E-state index in [-0.39, 0.29) is 10.7 Å². The molecule has 1 aromatic heterocycles. The molecule has 0 saturated heterocycles. The van der Waals surface area contributed by atoms with Crippen LogP contribution in [0, 0.1) is 0 Å². The third kappa shape index (κ3) is 4.29. The zero-order valence-electron chi connectivity index (χ0n) is 11.4. The van der Waals surface area contributed by atoms with E-state index < -0.39 is 11.8 Å². The van der Waals surface area contributed by atoms with Crippen LogP contribution in [0.1, 0.15) is 16.1 Å². The molecule has 0 spiro atoms. The molecule has 0 saturated carbocycles. The molecule has 4 N–H and O–H groups in total. The van der Waals surface area contributed by atoms with E-state index in [9.17, 15) is 9.59 Å². The van der Waals surface area contributed by atoms with E-state index in [1.165, 1.54) is 18.4 Å². The Balaban J connectivity index is 1.96. The lowest BCUT2D eigenvalue weighted by Gasteiger charge is -2.10. The van der Waals surface area contributed by atoms with Crippen molar-refractivity contribution < 1.29 is 14.0 Å². The molecule has 6 nitrogen and oxygen atoms in total. The first kappa shape index (κ1) is 15.5. The Bertz CT molecular complexity index is 723. The number of furan rings is 1. The molecule has 7 heteroatoms. The van der Waals surface area contributed by atoms with Crippen LogP contribution in [0.2, 0.25) is 0 Å². The number of rotatable bonds is 4. The first-order chi connectivity index (χ1) is 10.6. The molecule has 0 aliphatic heterocycles. The average molecular weight is 315 g/mol. The lowest BCUT2D eigenvalue weighted by atomic mass is 10.1. The lowest BCUT2D eigenvalue weighted by molar-refractivity contribution is -0.115. The zero-order valence-corrected chi connectivity index (χ0v) is 12.2. The van der Waals surface area contributed by atoms with Gasteiger partial charge in [-0.1, -0.05) is 12.1 Å². The van der Waals surface area contributed by atoms with Gasteiger partial charge in [0.15, 0.2) is 5.11 Å². The van der Waals surface area contributed by atoms with Crippen molar-refractivity contribution in [3.05, 3.63) is 60.1 Å². The van der Waals surface area contributed by atoms with Crippen LogP contribution >= 0.6 is 12.2 Å². The number of primary amides is 1. The van der Waals surface area contributed by atoms with Crippen molar-refractivity contribution in [1.29, 1.82) is 0 Å². The van der Waals surface area contributed by atoms with Crippen LogP contribution in [-0.2, 0) is 4.79 Å². The summed E-state index contributed by atoms with van der Waals surface area (Å²) in [5, 5.41) is 5.27. The molecule has 2 amide bonds. The van der Waals surface area contributed by atoms with Crippen molar-refractivity contribution in [2.75, 3.05) is 5.32 Å². The van der Waals surface area contributed by atoms with Crippen molar-refractivity contribution in [3.8, 4) is 0 Å². The van der Waals surface area contributed by atoms with E-state index in [2.05, 4.69) is 10.6 Å². The van der Waals surface area contributed by atoms with E-state index in [1.54, 1.807) is 36.4 Å². The highest BCUT2D eigenvalue weighted by molar-refractivity contribution is 7.80. The minimum atomic E-state index is -0.588. The van der Waals surface area contributed by atoms with E-state index in [4.69, 9.17) is 22.4 Å². The highest BCUT2D eigenvalue weighted by atomic mass is 32.1. The molecule has 2 rings (SSSR count). The van der Waals surface area contributed by atoms with Crippen molar-refractivity contribution in [2.45, 2.75) is 0 Å². The van der Waals surface area contributed by atoms with Crippen LogP contribution < -0.4 is 16.4 Å². The first-order valence-electron chi connectivity index (χ1n) is 6.28. The second-order valence-electron chi connectivity index (χ2n) is 4.20. The summed E-state index contributed by atoms with van der Waals surface area (Å²) in [6.07, 6.45) is 4.30. The van der Waals surface area contributed by atoms with E-state index in [0.717, 1.165) is 0 Å². The summed E-state index contributed by atoms with van der Waals surface area (Å²) in [6.45, 7) is 0. The SMILES string of the molecule is NC(=O)c1ccccc1NC(=S)NC(=O)/C=C/c1ccco1. The number of carbonyl (C=O) groups is 2. The molecule has 0 atom stereocenters. The number of thiocarbonyl (C=S) groups is 1. The van der Waals surface area contributed by atoms with Gasteiger partial charge in [0.05, 0.1) is 17.5 Å². The summed E-state index contributed by atoms with van der Waals surface area (Å²) in [6, 6.07) is 10.0. The summed E-state index contributed by atoms with van der Waals surface area (Å²) < 4.78 is 5.06. The van der Waals surface area contributed by atoms with Crippen LogP contribution in [-0.4, -0.2) is 16.9 Å². The maximum absolute atomic E-state index is 11.7. The van der Waals surface area contributed by atoms with E-state index >= 15 is 0 Å². The summed E-state index contributed by atoms with van der Waals surface area (Å²) in [5.41, 5.74) is 5.97. The molecule has 0 aliphatic rings. The molecule has 0 fully saturated rings. The van der Waals surface area contributed by atoms with Crippen LogP contribution in [0.3, 0.4) is 0 Å². The predicted octanol–water partition coefficient (Wildman–Crippen LogP) is 1.90. The normalized spacial score (nSPS) is 10.4. The van der Waals surface area contributed by atoms with Gasteiger partial charge in [0.25, 0.3) is 5.91 Å². The molecule has 112 valence electrons. The van der Waals surface area contributed by atoms with Crippen molar-refractivity contribution in [2.24, 2.45) is 5.73 Å². The highest BCUT2D eigenvalue weighted by Crippen LogP contribution is 2.13. The summed E-state index contributed by atoms with van der Waals surface area (Å²) in [5.74, 6) is -0.464. The molecule has 22 heavy (non-hydrogen) atoms.